The van der Waals surface area contributed by atoms with Crippen LogP contribution in [0.25, 0.3) is 0 Å². The van der Waals surface area contributed by atoms with Gasteiger partial charge in [-0.25, -0.2) is 9.59 Å². The minimum atomic E-state index is -0.908. The van der Waals surface area contributed by atoms with Crippen LogP contribution in [0.4, 0.5) is 4.79 Å². The third-order valence-electron chi connectivity index (χ3n) is 2.65. The van der Waals surface area contributed by atoms with Crippen LogP contribution in [-0.2, 0) is 11.2 Å². The van der Waals surface area contributed by atoms with Crippen LogP contribution in [-0.4, -0.2) is 40.8 Å². The molecular formula is C16H23NO4S. The maximum Gasteiger partial charge on any atom is 0.407 e. The van der Waals surface area contributed by atoms with E-state index in [0.29, 0.717) is 12.1 Å². The average molecular weight is 325 g/mol. The number of ether oxygens (including phenoxy) is 1. The Kier molecular flexibility index (Phi) is 7.24. The van der Waals surface area contributed by atoms with Crippen molar-refractivity contribution in [2.24, 2.45) is 0 Å². The molecule has 0 fully saturated rings. The number of hydrogen-bond donors (Lipinski definition) is 2. The number of nitrogens with one attached hydrogen (secondary N) is 1. The second-order valence-electron chi connectivity index (χ2n) is 5.79. The van der Waals surface area contributed by atoms with E-state index in [0.717, 1.165) is 23.5 Å². The van der Waals surface area contributed by atoms with Crippen LogP contribution in [0.3, 0.4) is 0 Å². The van der Waals surface area contributed by atoms with Crippen LogP contribution in [0.15, 0.2) is 24.3 Å². The van der Waals surface area contributed by atoms with E-state index >= 15 is 0 Å². The van der Waals surface area contributed by atoms with Gasteiger partial charge in [0.25, 0.3) is 0 Å². The molecule has 0 spiro atoms. The largest absolute Gasteiger partial charge is 0.478 e. The minimum absolute atomic E-state index is 0.304. The van der Waals surface area contributed by atoms with Gasteiger partial charge in [0.2, 0.25) is 0 Å². The molecule has 0 bridgehead atoms. The molecule has 0 aliphatic carbocycles. The molecule has 1 rings (SSSR count). The van der Waals surface area contributed by atoms with Crippen molar-refractivity contribution in [3.8, 4) is 0 Å². The normalized spacial score (nSPS) is 11.0. The van der Waals surface area contributed by atoms with Crippen LogP contribution in [0.2, 0.25) is 0 Å². The summed E-state index contributed by atoms with van der Waals surface area (Å²) in [4.78, 5) is 22.1. The summed E-state index contributed by atoms with van der Waals surface area (Å²) in [5, 5.41) is 11.5. The molecule has 0 unspecified atom stereocenters. The van der Waals surface area contributed by atoms with Gasteiger partial charge in [-0.1, -0.05) is 12.1 Å². The van der Waals surface area contributed by atoms with Gasteiger partial charge in [0.1, 0.15) is 5.60 Å². The number of carbonyl (C=O) groups excluding carboxylic acids is 1. The van der Waals surface area contributed by atoms with Gasteiger partial charge in [-0.2, -0.15) is 11.8 Å². The number of alkyl carbamates (subject to hydrolysis) is 1. The first-order chi connectivity index (χ1) is 10.3. The Morgan fingerprint density at radius 2 is 1.82 bits per heavy atom. The van der Waals surface area contributed by atoms with Crippen LogP contribution in [0.5, 0.6) is 0 Å². The first kappa shape index (κ1) is 18.4. The van der Waals surface area contributed by atoms with Gasteiger partial charge in [0.15, 0.2) is 0 Å². The Balaban J connectivity index is 2.13. The summed E-state index contributed by atoms with van der Waals surface area (Å²) in [5.74, 6) is 0.823. The number of benzene rings is 1. The lowest BCUT2D eigenvalue weighted by Crippen LogP contribution is -2.33. The summed E-state index contributed by atoms with van der Waals surface area (Å²) in [7, 11) is 0. The SMILES string of the molecule is CC(C)(C)OC(=O)NCCSCCc1ccc(C(=O)O)cc1. The smallest absolute Gasteiger partial charge is 0.407 e. The molecule has 0 heterocycles. The molecule has 0 aliphatic heterocycles. The predicted octanol–water partition coefficient (Wildman–Crippen LogP) is 3.19. The Bertz CT molecular complexity index is 494. The fourth-order valence-corrected chi connectivity index (χ4v) is 2.48. The van der Waals surface area contributed by atoms with Crippen LogP contribution >= 0.6 is 11.8 Å². The van der Waals surface area contributed by atoms with Gasteiger partial charge >= 0.3 is 12.1 Å². The molecule has 2 N–H and O–H groups in total. The first-order valence-corrected chi connectivity index (χ1v) is 8.30. The molecule has 22 heavy (non-hydrogen) atoms. The van der Waals surface area contributed by atoms with Crippen molar-refractivity contribution in [1.29, 1.82) is 0 Å². The fraction of sp³-hybridized carbons (Fsp3) is 0.500. The second-order valence-corrected chi connectivity index (χ2v) is 7.02. The van der Waals surface area contributed by atoms with Crippen molar-refractivity contribution in [2.45, 2.75) is 32.8 Å². The van der Waals surface area contributed by atoms with Crippen LogP contribution in [0, 0.1) is 0 Å². The second kappa shape index (κ2) is 8.68. The maximum atomic E-state index is 11.4. The molecule has 122 valence electrons. The van der Waals surface area contributed by atoms with Crippen molar-refractivity contribution >= 4 is 23.8 Å². The molecule has 0 saturated carbocycles. The zero-order chi connectivity index (χ0) is 16.6. The number of amides is 1. The summed E-state index contributed by atoms with van der Waals surface area (Å²) < 4.78 is 5.14. The third kappa shape index (κ3) is 7.93. The van der Waals surface area contributed by atoms with Crippen molar-refractivity contribution in [3.05, 3.63) is 35.4 Å². The molecule has 0 atom stereocenters. The fourth-order valence-electron chi connectivity index (χ4n) is 1.65. The summed E-state index contributed by atoms with van der Waals surface area (Å²) in [6, 6.07) is 6.91. The van der Waals surface area contributed by atoms with Crippen molar-refractivity contribution in [1.82, 2.24) is 5.32 Å². The van der Waals surface area contributed by atoms with E-state index in [2.05, 4.69) is 5.32 Å². The summed E-state index contributed by atoms with van der Waals surface area (Å²) >= 11 is 1.73. The number of thioether (sulfide) groups is 1. The van der Waals surface area contributed by atoms with Crippen molar-refractivity contribution in [2.75, 3.05) is 18.1 Å². The third-order valence-corrected chi connectivity index (χ3v) is 3.64. The highest BCUT2D eigenvalue weighted by molar-refractivity contribution is 7.99. The molecule has 1 aromatic rings. The monoisotopic (exact) mass is 325 g/mol. The van der Waals surface area contributed by atoms with Gasteiger partial charge in [0.05, 0.1) is 5.56 Å². The standard InChI is InChI=1S/C16H23NO4S/c1-16(2,3)21-15(20)17-9-11-22-10-8-12-4-6-13(7-5-12)14(18)19/h4-7H,8-11H2,1-3H3,(H,17,20)(H,18,19). The highest BCUT2D eigenvalue weighted by atomic mass is 32.2. The molecule has 6 heteroatoms. The molecule has 0 radical (unpaired) electrons. The van der Waals surface area contributed by atoms with E-state index in [1.54, 1.807) is 23.9 Å². The van der Waals surface area contributed by atoms with E-state index < -0.39 is 17.7 Å². The Morgan fingerprint density at radius 3 is 2.36 bits per heavy atom. The summed E-state index contributed by atoms with van der Waals surface area (Å²) in [6.07, 6.45) is 0.481. The van der Waals surface area contributed by atoms with Gasteiger partial charge in [-0.15, -0.1) is 0 Å². The van der Waals surface area contributed by atoms with E-state index in [1.165, 1.54) is 0 Å². The lowest BCUT2D eigenvalue weighted by molar-refractivity contribution is 0.0530. The molecular weight excluding hydrogens is 302 g/mol. The maximum absolute atomic E-state index is 11.4. The van der Waals surface area contributed by atoms with E-state index in [-0.39, 0.29) is 0 Å². The molecule has 5 nitrogen and oxygen atoms in total. The van der Waals surface area contributed by atoms with Gasteiger partial charge in [-0.3, -0.25) is 0 Å². The quantitative estimate of drug-likeness (QED) is 0.753. The highest BCUT2D eigenvalue weighted by Crippen LogP contribution is 2.09. The number of aryl methyl sites for hydroxylation is 1. The van der Waals surface area contributed by atoms with E-state index in [1.807, 2.05) is 32.9 Å². The molecule has 0 aromatic heterocycles. The van der Waals surface area contributed by atoms with E-state index in [9.17, 15) is 9.59 Å². The zero-order valence-electron chi connectivity index (χ0n) is 13.2. The number of rotatable bonds is 7. The molecule has 1 amide bonds. The Labute approximate surface area is 135 Å². The van der Waals surface area contributed by atoms with E-state index in [4.69, 9.17) is 9.84 Å². The lowest BCUT2D eigenvalue weighted by Gasteiger charge is -2.19. The number of carboxylic acid groups (broad SMARTS) is 1. The minimum Gasteiger partial charge on any atom is -0.478 e. The van der Waals surface area contributed by atoms with Crippen LogP contribution in [0.1, 0.15) is 36.7 Å². The number of aromatic carboxylic acids is 1. The first-order valence-electron chi connectivity index (χ1n) is 7.15. The predicted molar refractivity (Wildman–Crippen MR) is 88.7 cm³/mol. The summed E-state index contributed by atoms with van der Waals surface area (Å²) in [6.45, 7) is 6.06. The van der Waals surface area contributed by atoms with Gasteiger partial charge in [-0.05, 0) is 50.6 Å². The van der Waals surface area contributed by atoms with Crippen LogP contribution < -0.4 is 5.32 Å². The van der Waals surface area contributed by atoms with Crippen molar-refractivity contribution in [3.63, 3.8) is 0 Å². The Morgan fingerprint density at radius 1 is 1.18 bits per heavy atom. The lowest BCUT2D eigenvalue weighted by atomic mass is 10.1. The molecule has 0 saturated heterocycles. The topological polar surface area (TPSA) is 75.6 Å². The number of carbonyl (C=O) groups is 2. The molecule has 0 aliphatic rings. The Hall–Kier alpha value is -1.69. The van der Waals surface area contributed by atoms with Gasteiger partial charge in [0, 0.05) is 12.3 Å². The van der Waals surface area contributed by atoms with Crippen molar-refractivity contribution < 1.29 is 19.4 Å². The summed E-state index contributed by atoms with van der Waals surface area (Å²) in [5.41, 5.74) is 0.940. The highest BCUT2D eigenvalue weighted by Gasteiger charge is 2.15. The zero-order valence-corrected chi connectivity index (χ0v) is 14.0. The number of hydrogen-bond acceptors (Lipinski definition) is 4. The molecule has 1 aromatic carbocycles. The average Bonchev–Trinajstić information content (AvgIpc) is 2.41. The van der Waals surface area contributed by atoms with Gasteiger partial charge < -0.3 is 15.2 Å². The number of carboxylic acids is 1.